The van der Waals surface area contributed by atoms with E-state index in [1.165, 1.54) is 17.0 Å². The maximum atomic E-state index is 11.8. The first-order valence-corrected chi connectivity index (χ1v) is 6.61. The Morgan fingerprint density at radius 2 is 1.94 bits per heavy atom. The van der Waals surface area contributed by atoms with Crippen molar-refractivity contribution >= 4 is 5.91 Å². The van der Waals surface area contributed by atoms with E-state index in [-0.39, 0.29) is 5.91 Å². The zero-order valence-electron chi connectivity index (χ0n) is 12.2. The van der Waals surface area contributed by atoms with Gasteiger partial charge in [0, 0.05) is 38.1 Å². The van der Waals surface area contributed by atoms with E-state index >= 15 is 0 Å². The summed E-state index contributed by atoms with van der Waals surface area (Å²) in [6.45, 7) is 10.9. The summed E-state index contributed by atoms with van der Waals surface area (Å²) in [5.41, 5.74) is 3.78. The van der Waals surface area contributed by atoms with E-state index in [1.807, 2.05) is 18.7 Å². The second-order valence-corrected chi connectivity index (χ2v) is 4.62. The third kappa shape index (κ3) is 3.35. The van der Waals surface area contributed by atoms with E-state index in [1.54, 1.807) is 0 Å². The highest BCUT2D eigenvalue weighted by Gasteiger charge is 2.10. The Kier molecular flexibility index (Phi) is 5.41. The molecule has 0 aliphatic heterocycles. The second kappa shape index (κ2) is 6.59. The molecule has 4 nitrogen and oxygen atoms in total. The number of hydrogen-bond donors (Lipinski definition) is 1. The Balaban J connectivity index is 2.47. The van der Waals surface area contributed by atoms with E-state index in [2.05, 4.69) is 36.8 Å². The summed E-state index contributed by atoms with van der Waals surface area (Å²) in [6.07, 6.45) is 0. The molecule has 0 aliphatic rings. The third-order valence-electron chi connectivity index (χ3n) is 3.59. The Morgan fingerprint density at radius 3 is 2.39 bits per heavy atom. The van der Waals surface area contributed by atoms with Crippen molar-refractivity contribution in [3.05, 3.63) is 23.0 Å². The van der Waals surface area contributed by atoms with Gasteiger partial charge in [0.15, 0.2) is 0 Å². The molecule has 1 aromatic rings. The summed E-state index contributed by atoms with van der Waals surface area (Å²) < 4.78 is 2.17. The van der Waals surface area contributed by atoms with Crippen molar-refractivity contribution < 1.29 is 4.79 Å². The number of carbonyl (C=O) groups is 1. The van der Waals surface area contributed by atoms with Crippen molar-refractivity contribution in [3.8, 4) is 0 Å². The highest BCUT2D eigenvalue weighted by atomic mass is 16.2. The van der Waals surface area contributed by atoms with Crippen molar-refractivity contribution in [2.45, 2.75) is 34.2 Å². The summed E-state index contributed by atoms with van der Waals surface area (Å²) in [5, 5.41) is 3.23. The van der Waals surface area contributed by atoms with Gasteiger partial charge in [-0.15, -0.1) is 0 Å². The number of nitrogens with zero attached hydrogens (tertiary/aromatic N) is 2. The van der Waals surface area contributed by atoms with Crippen LogP contribution >= 0.6 is 0 Å². The van der Waals surface area contributed by atoms with E-state index in [0.29, 0.717) is 6.54 Å². The molecule has 0 radical (unpaired) electrons. The summed E-state index contributed by atoms with van der Waals surface area (Å²) in [7, 11) is 2.06. The number of nitrogens with one attached hydrogen (secondary N) is 1. The van der Waals surface area contributed by atoms with Crippen LogP contribution in [0, 0.1) is 13.8 Å². The quantitative estimate of drug-likeness (QED) is 0.834. The summed E-state index contributed by atoms with van der Waals surface area (Å²) >= 11 is 0. The molecule has 1 heterocycles. The van der Waals surface area contributed by atoms with Crippen molar-refractivity contribution in [3.63, 3.8) is 0 Å². The van der Waals surface area contributed by atoms with Gasteiger partial charge in [0.05, 0.1) is 6.54 Å². The standard InChI is InChI=1S/C14H25N3O/c1-6-17(7-2)14(18)10-15-9-13-8-11(3)16(5)12(13)4/h8,15H,6-7,9-10H2,1-5H3. The average molecular weight is 251 g/mol. The fourth-order valence-electron chi connectivity index (χ4n) is 2.10. The predicted molar refractivity (Wildman–Crippen MR) is 74.5 cm³/mol. The van der Waals surface area contributed by atoms with E-state index < -0.39 is 0 Å². The molecule has 0 aliphatic carbocycles. The lowest BCUT2D eigenvalue weighted by Gasteiger charge is -2.18. The van der Waals surface area contributed by atoms with Gasteiger partial charge in [0.25, 0.3) is 0 Å². The fraction of sp³-hybridized carbons (Fsp3) is 0.643. The smallest absolute Gasteiger partial charge is 0.236 e. The van der Waals surface area contributed by atoms with Gasteiger partial charge in [-0.2, -0.15) is 0 Å². The molecule has 1 N–H and O–H groups in total. The van der Waals surface area contributed by atoms with Crippen LogP contribution in [0.3, 0.4) is 0 Å². The first-order chi connectivity index (χ1) is 8.51. The first-order valence-electron chi connectivity index (χ1n) is 6.61. The lowest BCUT2D eigenvalue weighted by molar-refractivity contribution is -0.129. The lowest BCUT2D eigenvalue weighted by Crippen LogP contribution is -2.37. The maximum Gasteiger partial charge on any atom is 0.236 e. The molecule has 0 atom stereocenters. The topological polar surface area (TPSA) is 37.3 Å². The molecule has 102 valence electrons. The highest BCUT2D eigenvalue weighted by molar-refractivity contribution is 5.78. The van der Waals surface area contributed by atoms with Crippen molar-refractivity contribution in [1.82, 2.24) is 14.8 Å². The molecule has 1 amide bonds. The number of aryl methyl sites for hydroxylation is 1. The van der Waals surface area contributed by atoms with Gasteiger partial charge in [0.1, 0.15) is 0 Å². The van der Waals surface area contributed by atoms with Crippen LogP contribution in [0.25, 0.3) is 0 Å². The van der Waals surface area contributed by atoms with Crippen LogP contribution in [0.15, 0.2) is 6.07 Å². The number of hydrogen-bond acceptors (Lipinski definition) is 2. The van der Waals surface area contributed by atoms with E-state index in [9.17, 15) is 4.79 Å². The maximum absolute atomic E-state index is 11.8. The Labute approximate surface area is 110 Å². The molecule has 0 saturated carbocycles. The van der Waals surface area contributed by atoms with Gasteiger partial charge in [-0.1, -0.05) is 0 Å². The minimum absolute atomic E-state index is 0.172. The fourth-order valence-corrected chi connectivity index (χ4v) is 2.10. The van der Waals surface area contributed by atoms with Gasteiger partial charge in [-0.3, -0.25) is 4.79 Å². The Bertz CT molecular complexity index is 405. The molecule has 0 fully saturated rings. The minimum Gasteiger partial charge on any atom is -0.352 e. The normalized spacial score (nSPS) is 10.7. The van der Waals surface area contributed by atoms with E-state index in [0.717, 1.165) is 19.6 Å². The SMILES string of the molecule is CCN(CC)C(=O)CNCc1cc(C)n(C)c1C. The van der Waals surface area contributed by atoms with Gasteiger partial charge in [0.2, 0.25) is 5.91 Å². The zero-order chi connectivity index (χ0) is 13.7. The van der Waals surface area contributed by atoms with Gasteiger partial charge in [-0.25, -0.2) is 0 Å². The van der Waals surface area contributed by atoms with Crippen LogP contribution in [0.1, 0.15) is 30.8 Å². The molecule has 0 unspecified atom stereocenters. The van der Waals surface area contributed by atoms with Crippen LogP contribution < -0.4 is 5.32 Å². The summed E-state index contributed by atoms with van der Waals surface area (Å²) in [5.74, 6) is 0.172. The van der Waals surface area contributed by atoms with Gasteiger partial charge >= 0.3 is 0 Å². The number of amides is 1. The zero-order valence-corrected chi connectivity index (χ0v) is 12.2. The molecule has 1 aromatic heterocycles. The minimum atomic E-state index is 0.172. The lowest BCUT2D eigenvalue weighted by atomic mass is 10.2. The first kappa shape index (κ1) is 14.8. The van der Waals surface area contributed by atoms with Crippen LogP contribution in [-0.4, -0.2) is 35.0 Å². The molecule has 4 heteroatoms. The van der Waals surface area contributed by atoms with Crippen molar-refractivity contribution in [1.29, 1.82) is 0 Å². The molecular formula is C14H25N3O. The Morgan fingerprint density at radius 1 is 1.33 bits per heavy atom. The molecular weight excluding hydrogens is 226 g/mol. The van der Waals surface area contributed by atoms with Gasteiger partial charge in [-0.05, 0) is 39.3 Å². The summed E-state index contributed by atoms with van der Waals surface area (Å²) in [6, 6.07) is 2.17. The predicted octanol–water partition coefficient (Wildman–Crippen LogP) is 1.60. The summed E-state index contributed by atoms with van der Waals surface area (Å²) in [4.78, 5) is 13.7. The molecule has 0 bridgehead atoms. The number of carbonyl (C=O) groups excluding carboxylic acids is 1. The van der Waals surface area contributed by atoms with Crippen LogP contribution in [0.4, 0.5) is 0 Å². The second-order valence-electron chi connectivity index (χ2n) is 4.62. The van der Waals surface area contributed by atoms with Crippen molar-refractivity contribution in [2.75, 3.05) is 19.6 Å². The number of aromatic nitrogens is 1. The van der Waals surface area contributed by atoms with Crippen LogP contribution in [0.2, 0.25) is 0 Å². The third-order valence-corrected chi connectivity index (χ3v) is 3.59. The van der Waals surface area contributed by atoms with Crippen molar-refractivity contribution in [2.24, 2.45) is 7.05 Å². The van der Waals surface area contributed by atoms with E-state index in [4.69, 9.17) is 0 Å². The molecule has 0 saturated heterocycles. The monoisotopic (exact) mass is 251 g/mol. The number of rotatable bonds is 6. The Hall–Kier alpha value is -1.29. The van der Waals surface area contributed by atoms with Gasteiger partial charge < -0.3 is 14.8 Å². The molecule has 1 rings (SSSR count). The molecule has 0 spiro atoms. The van der Waals surface area contributed by atoms with Crippen LogP contribution in [0.5, 0.6) is 0 Å². The molecule has 0 aromatic carbocycles. The van der Waals surface area contributed by atoms with Crippen LogP contribution in [-0.2, 0) is 18.4 Å². The molecule has 18 heavy (non-hydrogen) atoms. The highest BCUT2D eigenvalue weighted by Crippen LogP contribution is 2.12. The average Bonchev–Trinajstić information content (AvgIpc) is 2.59. The largest absolute Gasteiger partial charge is 0.352 e. The number of likely N-dealkylation sites (N-methyl/N-ethyl adjacent to an activating group) is 1.